The number of fused-ring (bicyclic) bond motifs is 3. The van der Waals surface area contributed by atoms with E-state index in [2.05, 4.69) is 28.4 Å². The Morgan fingerprint density at radius 2 is 2.05 bits per heavy atom. The van der Waals surface area contributed by atoms with Gasteiger partial charge in [0, 0.05) is 63.8 Å². The zero-order valence-electron chi connectivity index (χ0n) is 22.8. The molecule has 1 unspecified atom stereocenters. The maximum absolute atomic E-state index is 16.0. The van der Waals surface area contributed by atoms with Gasteiger partial charge >= 0.3 is 6.01 Å². The summed E-state index contributed by atoms with van der Waals surface area (Å²) in [6, 6.07) is 9.52. The predicted molar refractivity (Wildman–Crippen MR) is 158 cm³/mol. The van der Waals surface area contributed by atoms with E-state index in [-0.39, 0.29) is 24.0 Å². The number of anilines is 1. The number of benzene rings is 2. The number of carbonyl (C=O) groups is 1. The molecule has 7 rings (SSSR count). The Morgan fingerprint density at radius 3 is 2.85 bits per heavy atom. The van der Waals surface area contributed by atoms with Crippen LogP contribution in [0.15, 0.2) is 55.4 Å². The average Bonchev–Trinajstić information content (AvgIpc) is 3.53. The summed E-state index contributed by atoms with van der Waals surface area (Å²) in [5.41, 5.74) is 1.53. The van der Waals surface area contributed by atoms with Gasteiger partial charge in [0.2, 0.25) is 5.91 Å². The van der Waals surface area contributed by atoms with Gasteiger partial charge in [-0.2, -0.15) is 9.97 Å². The van der Waals surface area contributed by atoms with Crippen molar-refractivity contribution in [3.63, 3.8) is 0 Å². The van der Waals surface area contributed by atoms with Gasteiger partial charge in [0.15, 0.2) is 0 Å². The van der Waals surface area contributed by atoms with Crippen molar-refractivity contribution in [2.24, 2.45) is 0 Å². The Hall–Kier alpha value is -3.82. The lowest BCUT2D eigenvalue weighted by Gasteiger charge is -2.47. The van der Waals surface area contributed by atoms with Gasteiger partial charge in [-0.1, -0.05) is 30.3 Å². The van der Waals surface area contributed by atoms with Crippen LogP contribution in [-0.2, 0) is 4.79 Å². The number of carbonyl (C=O) groups excluding carboxylic acids is 1. The highest BCUT2D eigenvalue weighted by molar-refractivity contribution is 6.36. The van der Waals surface area contributed by atoms with E-state index >= 15 is 4.39 Å². The first-order chi connectivity index (χ1) is 19.9. The van der Waals surface area contributed by atoms with Crippen LogP contribution in [0, 0.1) is 5.82 Å². The molecular weight excluding hydrogens is 543 g/mol. The maximum Gasteiger partial charge on any atom is 0.319 e. The van der Waals surface area contributed by atoms with Crippen molar-refractivity contribution in [3.8, 4) is 17.1 Å². The molecule has 8 nitrogen and oxygen atoms in total. The lowest BCUT2D eigenvalue weighted by molar-refractivity contribution is -0.127. The number of likely N-dealkylation sites (N-methyl/N-ethyl adjacent to an activating group) is 1. The molecule has 3 aliphatic rings. The number of ether oxygens (including phenoxy) is 1. The number of hydrogen-bond donors (Lipinski definition) is 0. The molecule has 5 heterocycles. The highest BCUT2D eigenvalue weighted by Crippen LogP contribution is 2.42. The van der Waals surface area contributed by atoms with Gasteiger partial charge < -0.3 is 19.4 Å². The molecule has 0 N–H and O–H groups in total. The maximum atomic E-state index is 16.0. The Bertz CT molecular complexity index is 1690. The Balaban J connectivity index is 1.32. The lowest BCUT2D eigenvalue weighted by atomic mass is 9.95. The Morgan fingerprint density at radius 1 is 1.17 bits per heavy atom. The van der Waals surface area contributed by atoms with Crippen molar-refractivity contribution in [1.29, 1.82) is 0 Å². The minimum Gasteiger partial charge on any atom is -0.462 e. The molecule has 0 spiro atoms. The standard InChI is InChI=1S/C31H30ClFN6O2/c1-3-28(40)38-11-9-26-27(38)16-39(26)30-21-12-24(33)20(22-15-34-14-18-6-4-8-23(32)29(18)22)13-25(21)35-31(36-30)41-17-19-7-5-10-37(19)2/h3-4,6,8,12-15,19,26-27H,1,5,7,9-11,16-17H2,2H3/t19-,26?,27+/m0/s1. The van der Waals surface area contributed by atoms with Crippen molar-refractivity contribution in [1.82, 2.24) is 24.8 Å². The second kappa shape index (κ2) is 10.2. The molecule has 3 atom stereocenters. The second-order valence-electron chi connectivity index (χ2n) is 11.1. The van der Waals surface area contributed by atoms with Gasteiger partial charge in [-0.15, -0.1) is 0 Å². The van der Waals surface area contributed by atoms with Crippen LogP contribution in [0.1, 0.15) is 19.3 Å². The number of rotatable bonds is 6. The van der Waals surface area contributed by atoms with Gasteiger partial charge in [-0.05, 0) is 57.1 Å². The second-order valence-corrected chi connectivity index (χ2v) is 11.5. The molecule has 4 aromatic rings. The van der Waals surface area contributed by atoms with Crippen LogP contribution in [0.5, 0.6) is 6.01 Å². The largest absolute Gasteiger partial charge is 0.462 e. The molecule has 41 heavy (non-hydrogen) atoms. The summed E-state index contributed by atoms with van der Waals surface area (Å²) in [5, 5.41) is 2.69. The fraction of sp³-hybridized carbons (Fsp3) is 0.355. The fourth-order valence-corrected chi connectivity index (χ4v) is 6.89. The molecule has 3 fully saturated rings. The third-order valence-electron chi connectivity index (χ3n) is 8.87. The van der Waals surface area contributed by atoms with Crippen LogP contribution in [0.25, 0.3) is 32.8 Å². The van der Waals surface area contributed by atoms with E-state index in [4.69, 9.17) is 26.3 Å². The van der Waals surface area contributed by atoms with Crippen LogP contribution in [0.3, 0.4) is 0 Å². The molecular formula is C31H30ClFN6O2. The molecule has 1 amide bonds. The molecule has 10 heteroatoms. The SMILES string of the molecule is C=CC(=O)N1CCC2[C@H]1CN2c1nc(OC[C@@H]2CCCN2C)nc2cc(-c3cncc4cccc(Cl)c34)c(F)cc12. The zero-order chi connectivity index (χ0) is 28.2. The van der Waals surface area contributed by atoms with Crippen LogP contribution in [0.2, 0.25) is 5.02 Å². The van der Waals surface area contributed by atoms with E-state index in [0.717, 1.165) is 36.6 Å². The number of pyridine rings is 1. The van der Waals surface area contributed by atoms with Gasteiger partial charge in [-0.25, -0.2) is 4.39 Å². The number of nitrogens with zero attached hydrogens (tertiary/aromatic N) is 6. The van der Waals surface area contributed by atoms with Crippen LogP contribution in [-0.4, -0.2) is 82.1 Å². The van der Waals surface area contributed by atoms with E-state index in [1.807, 2.05) is 17.0 Å². The number of hydrogen-bond acceptors (Lipinski definition) is 7. The third kappa shape index (κ3) is 4.38. The fourth-order valence-electron chi connectivity index (χ4n) is 6.61. The predicted octanol–water partition coefficient (Wildman–Crippen LogP) is 5.09. The van der Waals surface area contributed by atoms with E-state index in [0.29, 0.717) is 58.6 Å². The van der Waals surface area contributed by atoms with Crippen molar-refractivity contribution < 1.29 is 13.9 Å². The van der Waals surface area contributed by atoms with Crippen LogP contribution in [0.4, 0.5) is 10.2 Å². The van der Waals surface area contributed by atoms with E-state index in [9.17, 15) is 4.79 Å². The molecule has 0 saturated carbocycles. The first kappa shape index (κ1) is 26.1. The first-order valence-corrected chi connectivity index (χ1v) is 14.4. The summed E-state index contributed by atoms with van der Waals surface area (Å²) < 4.78 is 22.1. The minimum atomic E-state index is -0.412. The molecule has 0 bridgehead atoms. The van der Waals surface area contributed by atoms with Crippen LogP contribution >= 0.6 is 11.6 Å². The summed E-state index contributed by atoms with van der Waals surface area (Å²) >= 11 is 6.57. The van der Waals surface area contributed by atoms with Crippen molar-refractivity contribution in [2.45, 2.75) is 37.4 Å². The topological polar surface area (TPSA) is 74.7 Å². The lowest BCUT2D eigenvalue weighted by Crippen LogP contribution is -2.63. The number of likely N-dealkylation sites (tertiary alicyclic amines) is 2. The van der Waals surface area contributed by atoms with Crippen molar-refractivity contribution in [2.75, 3.05) is 38.2 Å². The summed E-state index contributed by atoms with van der Waals surface area (Å²) in [6.45, 7) is 6.42. The minimum absolute atomic E-state index is 0.0626. The summed E-state index contributed by atoms with van der Waals surface area (Å²) in [5.74, 6) is 0.149. The van der Waals surface area contributed by atoms with Gasteiger partial charge in [-0.3, -0.25) is 9.78 Å². The quantitative estimate of drug-likeness (QED) is 0.298. The molecule has 0 radical (unpaired) electrons. The van der Waals surface area contributed by atoms with E-state index in [1.165, 1.54) is 12.1 Å². The van der Waals surface area contributed by atoms with E-state index in [1.54, 1.807) is 24.5 Å². The van der Waals surface area contributed by atoms with Gasteiger partial charge in [0.25, 0.3) is 0 Å². The zero-order valence-corrected chi connectivity index (χ0v) is 23.5. The first-order valence-electron chi connectivity index (χ1n) is 14.0. The van der Waals surface area contributed by atoms with Gasteiger partial charge in [0.1, 0.15) is 18.2 Å². The average molecular weight is 573 g/mol. The molecule has 2 aromatic heterocycles. The van der Waals surface area contributed by atoms with Gasteiger partial charge in [0.05, 0.1) is 17.6 Å². The van der Waals surface area contributed by atoms with Crippen LogP contribution < -0.4 is 9.64 Å². The molecule has 3 saturated heterocycles. The normalized spacial score (nSPS) is 22.3. The van der Waals surface area contributed by atoms with Crippen molar-refractivity contribution in [3.05, 3.63) is 66.2 Å². The van der Waals surface area contributed by atoms with Crippen molar-refractivity contribution >= 4 is 45.0 Å². The Labute approximate surface area is 242 Å². The summed E-state index contributed by atoms with van der Waals surface area (Å²) in [7, 11) is 2.10. The highest BCUT2D eigenvalue weighted by Gasteiger charge is 2.49. The highest BCUT2D eigenvalue weighted by atomic mass is 35.5. The molecule has 210 valence electrons. The third-order valence-corrected chi connectivity index (χ3v) is 9.18. The number of aromatic nitrogens is 3. The smallest absolute Gasteiger partial charge is 0.319 e. The Kier molecular flexibility index (Phi) is 6.51. The molecule has 2 aromatic carbocycles. The number of halogens is 2. The number of amides is 1. The molecule has 3 aliphatic heterocycles. The molecule has 0 aliphatic carbocycles. The van der Waals surface area contributed by atoms with E-state index < -0.39 is 5.82 Å². The summed E-state index contributed by atoms with van der Waals surface area (Å²) in [6.07, 6.45) is 7.72. The monoisotopic (exact) mass is 572 g/mol. The summed E-state index contributed by atoms with van der Waals surface area (Å²) in [4.78, 5) is 32.6.